The van der Waals surface area contributed by atoms with E-state index in [9.17, 15) is 0 Å². The number of hydrogen-bond donors (Lipinski definition) is 0. The molecule has 3 aromatic rings. The van der Waals surface area contributed by atoms with Crippen LogP contribution in [0.1, 0.15) is 50.2 Å². The molecule has 1 heterocycles. The number of unbranched alkanes of at least 4 members (excludes halogenated alkanes) is 4. The fourth-order valence-corrected chi connectivity index (χ4v) is 3.45. The third-order valence-corrected chi connectivity index (χ3v) is 4.76. The fourth-order valence-electron chi connectivity index (χ4n) is 3.45. The Morgan fingerprint density at radius 1 is 0.917 bits per heavy atom. The molecule has 3 rings (SSSR count). The highest BCUT2D eigenvalue weighted by atomic mass is 15.1. The Bertz CT molecular complexity index is 814. The zero-order chi connectivity index (χ0) is 16.9. The highest BCUT2D eigenvalue weighted by Crippen LogP contribution is 2.28. The monoisotopic (exact) mass is 320 g/mol. The van der Waals surface area contributed by atoms with Crippen LogP contribution in [0.4, 0.5) is 0 Å². The lowest BCUT2D eigenvalue weighted by molar-refractivity contribution is 0.578. The number of aromatic nitrogens is 2. The molecule has 0 N–H and O–H groups in total. The van der Waals surface area contributed by atoms with Crippen LogP contribution in [0.25, 0.3) is 22.4 Å². The molecule has 0 aliphatic carbocycles. The Balaban J connectivity index is 1.95. The van der Waals surface area contributed by atoms with Crippen LogP contribution in [-0.2, 0) is 6.54 Å². The summed E-state index contributed by atoms with van der Waals surface area (Å²) in [6.45, 7) is 7.65. The molecule has 2 aromatic carbocycles. The minimum atomic E-state index is 1.05. The molecule has 0 spiro atoms. The molecule has 2 nitrogen and oxygen atoms in total. The number of benzene rings is 2. The van der Waals surface area contributed by atoms with Gasteiger partial charge >= 0.3 is 0 Å². The van der Waals surface area contributed by atoms with Gasteiger partial charge < -0.3 is 4.57 Å². The SMILES string of the molecule is CCCCCCCn1c(-c2ccc(C)cc2C)nc2ccccc21. The van der Waals surface area contributed by atoms with Gasteiger partial charge in [-0.1, -0.05) is 68.5 Å². The summed E-state index contributed by atoms with van der Waals surface area (Å²) in [6.07, 6.45) is 6.49. The van der Waals surface area contributed by atoms with Crippen molar-refractivity contribution in [3.05, 3.63) is 53.6 Å². The van der Waals surface area contributed by atoms with E-state index in [0.717, 1.165) is 17.9 Å². The summed E-state index contributed by atoms with van der Waals surface area (Å²) in [5, 5.41) is 0. The lowest BCUT2D eigenvalue weighted by atomic mass is 10.1. The molecular formula is C22H28N2. The lowest BCUT2D eigenvalue weighted by Gasteiger charge is -2.11. The maximum absolute atomic E-state index is 4.95. The molecule has 126 valence electrons. The van der Waals surface area contributed by atoms with Crippen LogP contribution in [0.5, 0.6) is 0 Å². The summed E-state index contributed by atoms with van der Waals surface area (Å²) in [4.78, 5) is 4.95. The zero-order valence-electron chi connectivity index (χ0n) is 15.2. The summed E-state index contributed by atoms with van der Waals surface area (Å²) in [7, 11) is 0. The summed E-state index contributed by atoms with van der Waals surface area (Å²) >= 11 is 0. The average Bonchev–Trinajstić information content (AvgIpc) is 2.93. The Hall–Kier alpha value is -2.09. The molecule has 0 aliphatic rings. The topological polar surface area (TPSA) is 17.8 Å². The number of rotatable bonds is 7. The first-order chi connectivity index (χ1) is 11.7. The van der Waals surface area contributed by atoms with E-state index in [2.05, 4.69) is 67.8 Å². The van der Waals surface area contributed by atoms with Crippen LogP contribution in [0, 0.1) is 13.8 Å². The van der Waals surface area contributed by atoms with Gasteiger partial charge in [-0.25, -0.2) is 4.98 Å². The summed E-state index contributed by atoms with van der Waals surface area (Å²) in [5.74, 6) is 1.11. The lowest BCUT2D eigenvalue weighted by Crippen LogP contribution is -2.02. The van der Waals surface area contributed by atoms with Crippen LogP contribution in [-0.4, -0.2) is 9.55 Å². The van der Waals surface area contributed by atoms with E-state index in [0.29, 0.717) is 0 Å². The number of hydrogen-bond acceptors (Lipinski definition) is 1. The Morgan fingerprint density at radius 3 is 2.50 bits per heavy atom. The van der Waals surface area contributed by atoms with E-state index in [-0.39, 0.29) is 0 Å². The first kappa shape index (κ1) is 16.8. The van der Waals surface area contributed by atoms with E-state index in [4.69, 9.17) is 4.98 Å². The Morgan fingerprint density at radius 2 is 1.71 bits per heavy atom. The Labute approximate surface area is 145 Å². The van der Waals surface area contributed by atoms with Gasteiger partial charge in [-0.15, -0.1) is 0 Å². The van der Waals surface area contributed by atoms with Gasteiger partial charge in [-0.2, -0.15) is 0 Å². The second-order valence-corrected chi connectivity index (χ2v) is 6.81. The van der Waals surface area contributed by atoms with E-state index in [1.165, 1.54) is 54.3 Å². The van der Waals surface area contributed by atoms with E-state index in [1.54, 1.807) is 0 Å². The molecule has 0 bridgehead atoms. The summed E-state index contributed by atoms with van der Waals surface area (Å²) < 4.78 is 2.42. The third kappa shape index (κ3) is 3.53. The quantitative estimate of drug-likeness (QED) is 0.468. The van der Waals surface area contributed by atoms with Gasteiger partial charge in [0.2, 0.25) is 0 Å². The van der Waals surface area contributed by atoms with Crippen molar-refractivity contribution in [1.82, 2.24) is 9.55 Å². The number of aryl methyl sites for hydroxylation is 3. The smallest absolute Gasteiger partial charge is 0.141 e. The van der Waals surface area contributed by atoms with E-state index in [1.807, 2.05) is 0 Å². The van der Waals surface area contributed by atoms with Crippen LogP contribution < -0.4 is 0 Å². The van der Waals surface area contributed by atoms with Crippen molar-refractivity contribution in [3.63, 3.8) is 0 Å². The zero-order valence-corrected chi connectivity index (χ0v) is 15.2. The van der Waals surface area contributed by atoms with Crippen molar-refractivity contribution in [1.29, 1.82) is 0 Å². The van der Waals surface area contributed by atoms with Crippen molar-refractivity contribution in [2.24, 2.45) is 0 Å². The predicted octanol–water partition coefficient (Wildman–Crippen LogP) is 6.29. The molecule has 0 saturated carbocycles. The second kappa shape index (κ2) is 7.65. The highest BCUT2D eigenvalue weighted by molar-refractivity contribution is 5.81. The molecular weight excluding hydrogens is 292 g/mol. The number of nitrogens with zero attached hydrogens (tertiary/aromatic N) is 2. The van der Waals surface area contributed by atoms with Gasteiger partial charge in [0.05, 0.1) is 11.0 Å². The van der Waals surface area contributed by atoms with Crippen molar-refractivity contribution in [2.75, 3.05) is 0 Å². The van der Waals surface area contributed by atoms with Gasteiger partial charge in [0.15, 0.2) is 0 Å². The van der Waals surface area contributed by atoms with Gasteiger partial charge in [0, 0.05) is 12.1 Å². The minimum Gasteiger partial charge on any atom is -0.324 e. The van der Waals surface area contributed by atoms with Crippen LogP contribution in [0.2, 0.25) is 0 Å². The predicted molar refractivity (Wildman–Crippen MR) is 103 cm³/mol. The number of para-hydroxylation sites is 2. The molecule has 0 unspecified atom stereocenters. The largest absolute Gasteiger partial charge is 0.324 e. The van der Waals surface area contributed by atoms with Gasteiger partial charge in [0.1, 0.15) is 5.82 Å². The van der Waals surface area contributed by atoms with Crippen molar-refractivity contribution >= 4 is 11.0 Å². The number of fused-ring (bicyclic) bond motifs is 1. The van der Waals surface area contributed by atoms with Crippen LogP contribution >= 0.6 is 0 Å². The third-order valence-electron chi connectivity index (χ3n) is 4.76. The molecule has 0 radical (unpaired) electrons. The molecule has 0 amide bonds. The molecule has 0 saturated heterocycles. The normalized spacial score (nSPS) is 11.3. The number of imidazole rings is 1. The first-order valence-electron chi connectivity index (χ1n) is 9.23. The van der Waals surface area contributed by atoms with Crippen molar-refractivity contribution < 1.29 is 0 Å². The molecule has 0 aliphatic heterocycles. The highest BCUT2D eigenvalue weighted by Gasteiger charge is 2.13. The minimum absolute atomic E-state index is 1.05. The van der Waals surface area contributed by atoms with E-state index >= 15 is 0 Å². The summed E-state index contributed by atoms with van der Waals surface area (Å²) in [6, 6.07) is 15.2. The maximum Gasteiger partial charge on any atom is 0.141 e. The summed E-state index contributed by atoms with van der Waals surface area (Å²) in [5.41, 5.74) is 6.21. The maximum atomic E-state index is 4.95. The fraction of sp³-hybridized carbons (Fsp3) is 0.409. The van der Waals surface area contributed by atoms with Crippen molar-refractivity contribution in [3.8, 4) is 11.4 Å². The van der Waals surface area contributed by atoms with E-state index < -0.39 is 0 Å². The van der Waals surface area contributed by atoms with Gasteiger partial charge in [-0.3, -0.25) is 0 Å². The molecule has 1 aromatic heterocycles. The van der Waals surface area contributed by atoms with Gasteiger partial charge in [-0.05, 0) is 38.0 Å². The first-order valence-corrected chi connectivity index (χ1v) is 9.23. The van der Waals surface area contributed by atoms with Crippen LogP contribution in [0.3, 0.4) is 0 Å². The van der Waals surface area contributed by atoms with Crippen molar-refractivity contribution in [2.45, 2.75) is 59.4 Å². The molecule has 24 heavy (non-hydrogen) atoms. The average molecular weight is 320 g/mol. The molecule has 0 atom stereocenters. The Kier molecular flexibility index (Phi) is 5.34. The molecule has 0 fully saturated rings. The van der Waals surface area contributed by atoms with Crippen LogP contribution in [0.15, 0.2) is 42.5 Å². The van der Waals surface area contributed by atoms with Gasteiger partial charge in [0.25, 0.3) is 0 Å². The molecule has 2 heteroatoms. The standard InChI is InChI=1S/C22H28N2/c1-4-5-6-7-10-15-24-21-12-9-8-11-20(21)23-22(24)19-14-13-17(2)16-18(19)3/h8-9,11-14,16H,4-7,10,15H2,1-3H3. The second-order valence-electron chi connectivity index (χ2n) is 6.81.